The highest BCUT2D eigenvalue weighted by atomic mass is 19.1. The minimum absolute atomic E-state index is 0.271. The average Bonchev–Trinajstić information content (AvgIpc) is 2.27. The first-order valence-electron chi connectivity index (χ1n) is 6.02. The van der Waals surface area contributed by atoms with E-state index in [9.17, 15) is 9.65 Å². The predicted molar refractivity (Wildman–Crippen MR) is 68.3 cm³/mol. The summed E-state index contributed by atoms with van der Waals surface area (Å²) < 4.78 is 13.3. The lowest BCUT2D eigenvalue weighted by atomic mass is 9.92. The Morgan fingerprint density at radius 1 is 1.35 bits per heavy atom. The minimum Gasteiger partial charge on any atom is -0.367 e. The fraction of sp³-hybridized carbons (Fsp3) is 0.500. The molecule has 1 unspecified atom stereocenters. The Hall–Kier alpha value is -1.56. The van der Waals surface area contributed by atoms with E-state index in [4.69, 9.17) is 0 Å². The molecule has 0 spiro atoms. The van der Waals surface area contributed by atoms with Crippen molar-refractivity contribution in [1.29, 1.82) is 5.26 Å². The van der Waals surface area contributed by atoms with Crippen molar-refractivity contribution in [2.24, 2.45) is 0 Å². The molecule has 0 aliphatic rings. The van der Waals surface area contributed by atoms with Crippen molar-refractivity contribution in [3.8, 4) is 6.07 Å². The highest BCUT2D eigenvalue weighted by Gasteiger charge is 2.26. The molecule has 0 saturated heterocycles. The smallest absolute Gasteiger partial charge is 0.125 e. The molecule has 0 amide bonds. The molecule has 0 bridgehead atoms. The molecule has 0 aliphatic heterocycles. The summed E-state index contributed by atoms with van der Waals surface area (Å²) in [4.78, 5) is 0. The van der Waals surface area contributed by atoms with Crippen LogP contribution in [0.5, 0.6) is 0 Å². The van der Waals surface area contributed by atoms with Gasteiger partial charge in [0.05, 0.1) is 6.07 Å². The van der Waals surface area contributed by atoms with Gasteiger partial charge in [0.2, 0.25) is 0 Å². The number of nitrogens with zero attached hydrogens (tertiary/aromatic N) is 1. The lowest BCUT2D eigenvalue weighted by Crippen LogP contribution is -2.35. The van der Waals surface area contributed by atoms with Crippen molar-refractivity contribution >= 4 is 5.69 Å². The Balaban J connectivity index is 2.97. The molecular weight excluding hydrogens is 215 g/mol. The van der Waals surface area contributed by atoms with Crippen LogP contribution < -0.4 is 5.32 Å². The summed E-state index contributed by atoms with van der Waals surface area (Å²) in [5.41, 5.74) is 0.945. The third-order valence-corrected chi connectivity index (χ3v) is 2.92. The summed E-state index contributed by atoms with van der Waals surface area (Å²) in [7, 11) is 0. The average molecular weight is 234 g/mol. The Morgan fingerprint density at radius 2 is 2.06 bits per heavy atom. The van der Waals surface area contributed by atoms with Crippen LogP contribution in [-0.4, -0.2) is 5.54 Å². The Morgan fingerprint density at radius 3 is 2.53 bits per heavy atom. The van der Waals surface area contributed by atoms with Gasteiger partial charge in [-0.25, -0.2) is 4.39 Å². The molecule has 0 fully saturated rings. The second kappa shape index (κ2) is 5.67. The summed E-state index contributed by atoms with van der Waals surface area (Å²) in [6.07, 6.45) is 2.38. The number of aryl methyl sites for hydroxylation is 1. The molecule has 3 heteroatoms. The maximum Gasteiger partial charge on any atom is 0.125 e. The van der Waals surface area contributed by atoms with E-state index in [1.54, 1.807) is 0 Å². The molecule has 0 aliphatic carbocycles. The lowest BCUT2D eigenvalue weighted by Gasteiger charge is -2.27. The van der Waals surface area contributed by atoms with E-state index in [1.807, 2.05) is 26.8 Å². The van der Waals surface area contributed by atoms with Crippen LogP contribution in [0.2, 0.25) is 0 Å². The van der Waals surface area contributed by atoms with Crippen LogP contribution >= 0.6 is 0 Å². The van der Waals surface area contributed by atoms with E-state index < -0.39 is 5.54 Å². The summed E-state index contributed by atoms with van der Waals surface area (Å²) in [5.74, 6) is -0.271. The number of nitriles is 1. The van der Waals surface area contributed by atoms with Crippen LogP contribution in [0.4, 0.5) is 10.1 Å². The summed E-state index contributed by atoms with van der Waals surface area (Å²) >= 11 is 0. The molecule has 0 radical (unpaired) electrons. The second-order valence-corrected chi connectivity index (χ2v) is 4.44. The van der Waals surface area contributed by atoms with E-state index in [2.05, 4.69) is 11.4 Å². The van der Waals surface area contributed by atoms with Gasteiger partial charge in [0, 0.05) is 5.69 Å². The number of anilines is 1. The minimum atomic E-state index is -0.588. The normalized spacial score (nSPS) is 13.8. The summed E-state index contributed by atoms with van der Waals surface area (Å²) in [5, 5.41) is 12.5. The van der Waals surface area contributed by atoms with Gasteiger partial charge in [-0.1, -0.05) is 20.3 Å². The maximum atomic E-state index is 13.3. The first kappa shape index (κ1) is 13.5. The number of hydrogen-bond acceptors (Lipinski definition) is 2. The van der Waals surface area contributed by atoms with Gasteiger partial charge in [0.25, 0.3) is 0 Å². The fourth-order valence-electron chi connectivity index (χ4n) is 2.00. The van der Waals surface area contributed by atoms with Gasteiger partial charge in [-0.15, -0.1) is 0 Å². The SMILES string of the molecule is CCCC(C#N)(CC)Nc1cc(C)cc(F)c1. The van der Waals surface area contributed by atoms with Gasteiger partial charge in [0.15, 0.2) is 0 Å². The van der Waals surface area contributed by atoms with Crippen molar-refractivity contribution in [2.75, 3.05) is 5.32 Å². The van der Waals surface area contributed by atoms with Crippen molar-refractivity contribution < 1.29 is 4.39 Å². The van der Waals surface area contributed by atoms with Crippen LogP contribution in [0.25, 0.3) is 0 Å². The van der Waals surface area contributed by atoms with Crippen LogP contribution in [-0.2, 0) is 0 Å². The van der Waals surface area contributed by atoms with Gasteiger partial charge in [0.1, 0.15) is 11.4 Å². The topological polar surface area (TPSA) is 35.8 Å². The molecule has 0 aromatic heterocycles. The number of halogens is 1. The predicted octanol–water partition coefficient (Wildman–Crippen LogP) is 4.02. The first-order chi connectivity index (χ1) is 8.05. The third-order valence-electron chi connectivity index (χ3n) is 2.92. The molecule has 17 heavy (non-hydrogen) atoms. The Kier molecular flexibility index (Phi) is 4.51. The van der Waals surface area contributed by atoms with Crippen LogP contribution in [0.15, 0.2) is 18.2 Å². The van der Waals surface area contributed by atoms with Gasteiger partial charge < -0.3 is 5.32 Å². The number of nitrogens with one attached hydrogen (secondary N) is 1. The lowest BCUT2D eigenvalue weighted by molar-refractivity contribution is 0.514. The van der Waals surface area contributed by atoms with Gasteiger partial charge in [-0.2, -0.15) is 5.26 Å². The molecule has 2 nitrogen and oxygen atoms in total. The van der Waals surface area contributed by atoms with E-state index in [-0.39, 0.29) is 5.82 Å². The second-order valence-electron chi connectivity index (χ2n) is 4.44. The van der Waals surface area contributed by atoms with Gasteiger partial charge in [-0.3, -0.25) is 0 Å². The van der Waals surface area contributed by atoms with Gasteiger partial charge in [-0.05, 0) is 43.5 Å². The quantitative estimate of drug-likeness (QED) is 0.835. The highest BCUT2D eigenvalue weighted by molar-refractivity contribution is 5.50. The molecule has 1 aromatic rings. The molecule has 1 atom stereocenters. The standard InChI is InChI=1S/C14H19FN2/c1-4-6-14(5-2,10-16)17-13-8-11(3)7-12(15)9-13/h7-9,17H,4-6H2,1-3H3. The van der Waals surface area contributed by atoms with Crippen molar-refractivity contribution in [3.63, 3.8) is 0 Å². The zero-order valence-electron chi connectivity index (χ0n) is 10.7. The van der Waals surface area contributed by atoms with E-state index >= 15 is 0 Å². The zero-order chi connectivity index (χ0) is 12.9. The molecule has 92 valence electrons. The fourth-order valence-corrected chi connectivity index (χ4v) is 2.00. The number of rotatable bonds is 5. The number of benzene rings is 1. The molecule has 0 heterocycles. The highest BCUT2D eigenvalue weighted by Crippen LogP contribution is 2.24. The Bertz CT molecular complexity index is 402. The zero-order valence-corrected chi connectivity index (χ0v) is 10.7. The molecular formula is C14H19FN2. The van der Waals surface area contributed by atoms with Gasteiger partial charge >= 0.3 is 0 Å². The summed E-state index contributed by atoms with van der Waals surface area (Å²) in [6.45, 7) is 5.85. The third kappa shape index (κ3) is 3.45. The first-order valence-corrected chi connectivity index (χ1v) is 6.02. The monoisotopic (exact) mass is 234 g/mol. The van der Waals surface area contributed by atoms with E-state index in [0.717, 1.165) is 18.4 Å². The van der Waals surface area contributed by atoms with E-state index in [1.165, 1.54) is 12.1 Å². The largest absolute Gasteiger partial charge is 0.367 e. The van der Waals surface area contributed by atoms with Crippen LogP contribution in [0.3, 0.4) is 0 Å². The van der Waals surface area contributed by atoms with Crippen molar-refractivity contribution in [2.45, 2.75) is 45.6 Å². The molecule has 1 N–H and O–H groups in total. The van der Waals surface area contributed by atoms with E-state index in [0.29, 0.717) is 12.1 Å². The number of hydrogen-bond donors (Lipinski definition) is 1. The van der Waals surface area contributed by atoms with Crippen LogP contribution in [0, 0.1) is 24.1 Å². The van der Waals surface area contributed by atoms with Crippen molar-refractivity contribution in [3.05, 3.63) is 29.6 Å². The molecule has 1 aromatic carbocycles. The molecule has 1 rings (SSSR count). The Labute approximate surface area is 102 Å². The molecule has 0 saturated carbocycles. The van der Waals surface area contributed by atoms with Crippen molar-refractivity contribution in [1.82, 2.24) is 0 Å². The van der Waals surface area contributed by atoms with Crippen LogP contribution in [0.1, 0.15) is 38.7 Å². The maximum absolute atomic E-state index is 13.3. The summed E-state index contributed by atoms with van der Waals surface area (Å²) in [6, 6.07) is 7.09.